The number of para-hydroxylation sites is 1. The van der Waals surface area contributed by atoms with Crippen molar-refractivity contribution in [3.8, 4) is 5.75 Å². The van der Waals surface area contributed by atoms with Crippen molar-refractivity contribution in [1.29, 1.82) is 0 Å². The number of amides is 1. The Morgan fingerprint density at radius 2 is 2.05 bits per heavy atom. The molecule has 1 aromatic carbocycles. The van der Waals surface area contributed by atoms with Crippen LogP contribution in [0.3, 0.4) is 0 Å². The highest BCUT2D eigenvalue weighted by molar-refractivity contribution is 5.77. The second kappa shape index (κ2) is 8.21. The van der Waals surface area contributed by atoms with Crippen LogP contribution in [0.4, 0.5) is 0 Å². The van der Waals surface area contributed by atoms with Crippen molar-refractivity contribution in [2.45, 2.75) is 64.8 Å². The normalized spacial score (nSPS) is 22.9. The van der Waals surface area contributed by atoms with Crippen LogP contribution in [0, 0.1) is 5.92 Å². The lowest BCUT2D eigenvalue weighted by atomic mass is 9.86. The summed E-state index contributed by atoms with van der Waals surface area (Å²) in [4.78, 5) is 12.1. The van der Waals surface area contributed by atoms with E-state index in [0.29, 0.717) is 17.9 Å². The van der Waals surface area contributed by atoms with E-state index in [2.05, 4.69) is 32.2 Å². The Kier molecular flexibility index (Phi) is 6.29. The fraction of sp³-hybridized carbons (Fsp3) is 0.632. The Morgan fingerprint density at radius 1 is 1.32 bits per heavy atom. The standard InChI is InChI=1S/C19H29NO2/c1-4-14(2)16-10-6-8-12-18(16)22-13-19(21)20-17-11-7-5-9-15(17)3/h6,8,10,12,14-15,17H,4-5,7,9,11,13H2,1-3H3,(H,20,21). The predicted molar refractivity (Wildman–Crippen MR) is 90.2 cm³/mol. The molecule has 3 atom stereocenters. The van der Waals surface area contributed by atoms with E-state index in [1.54, 1.807) is 0 Å². The van der Waals surface area contributed by atoms with E-state index >= 15 is 0 Å². The molecule has 1 aliphatic carbocycles. The molecule has 0 bridgehead atoms. The molecule has 0 radical (unpaired) electrons. The third kappa shape index (κ3) is 4.49. The van der Waals surface area contributed by atoms with Crippen LogP contribution in [0.2, 0.25) is 0 Å². The lowest BCUT2D eigenvalue weighted by Gasteiger charge is -2.29. The summed E-state index contributed by atoms with van der Waals surface area (Å²) in [6.07, 6.45) is 5.87. The minimum Gasteiger partial charge on any atom is -0.483 e. The summed E-state index contributed by atoms with van der Waals surface area (Å²) >= 11 is 0. The summed E-state index contributed by atoms with van der Waals surface area (Å²) < 4.78 is 5.79. The van der Waals surface area contributed by atoms with Crippen LogP contribution in [0.1, 0.15) is 64.4 Å². The highest BCUT2D eigenvalue weighted by Crippen LogP contribution is 2.28. The number of rotatable bonds is 6. The molecule has 0 aromatic heterocycles. The predicted octanol–water partition coefficient (Wildman–Crippen LogP) is 4.27. The van der Waals surface area contributed by atoms with E-state index in [4.69, 9.17) is 4.74 Å². The topological polar surface area (TPSA) is 38.3 Å². The van der Waals surface area contributed by atoms with Crippen LogP contribution in [0.5, 0.6) is 5.75 Å². The number of hydrogen-bond acceptors (Lipinski definition) is 2. The van der Waals surface area contributed by atoms with Gasteiger partial charge in [0.15, 0.2) is 6.61 Å². The smallest absolute Gasteiger partial charge is 0.258 e. The Bertz CT molecular complexity index is 486. The van der Waals surface area contributed by atoms with Crippen LogP contribution in [0.25, 0.3) is 0 Å². The van der Waals surface area contributed by atoms with E-state index in [-0.39, 0.29) is 12.5 Å². The number of nitrogens with one attached hydrogen (secondary N) is 1. The number of carbonyl (C=O) groups excluding carboxylic acids is 1. The molecule has 1 fully saturated rings. The van der Waals surface area contributed by atoms with Gasteiger partial charge in [-0.3, -0.25) is 4.79 Å². The van der Waals surface area contributed by atoms with Crippen LogP contribution < -0.4 is 10.1 Å². The molecule has 0 saturated heterocycles. The number of carbonyl (C=O) groups is 1. The van der Waals surface area contributed by atoms with E-state index in [0.717, 1.165) is 18.6 Å². The molecule has 22 heavy (non-hydrogen) atoms. The molecule has 0 heterocycles. The third-order valence-corrected chi connectivity index (χ3v) is 4.88. The average Bonchev–Trinajstić information content (AvgIpc) is 2.54. The van der Waals surface area contributed by atoms with Crippen molar-refractivity contribution in [3.05, 3.63) is 29.8 Å². The van der Waals surface area contributed by atoms with E-state index in [9.17, 15) is 4.79 Å². The largest absolute Gasteiger partial charge is 0.483 e. The molecule has 3 unspecified atom stereocenters. The number of hydrogen-bond donors (Lipinski definition) is 1. The lowest BCUT2D eigenvalue weighted by molar-refractivity contribution is -0.124. The van der Waals surface area contributed by atoms with Gasteiger partial charge in [0.05, 0.1) is 0 Å². The van der Waals surface area contributed by atoms with Crippen LogP contribution in [-0.4, -0.2) is 18.6 Å². The van der Waals surface area contributed by atoms with Gasteiger partial charge in [-0.15, -0.1) is 0 Å². The van der Waals surface area contributed by atoms with Crippen molar-refractivity contribution in [2.75, 3.05) is 6.61 Å². The summed E-state index contributed by atoms with van der Waals surface area (Å²) in [6.45, 7) is 6.68. The fourth-order valence-corrected chi connectivity index (χ4v) is 3.16. The van der Waals surface area contributed by atoms with E-state index in [1.807, 2.05) is 18.2 Å². The first-order valence-electron chi connectivity index (χ1n) is 8.63. The van der Waals surface area contributed by atoms with Crippen LogP contribution in [0.15, 0.2) is 24.3 Å². The van der Waals surface area contributed by atoms with Gasteiger partial charge in [0.25, 0.3) is 5.91 Å². The highest BCUT2D eigenvalue weighted by Gasteiger charge is 2.23. The Hall–Kier alpha value is -1.51. The van der Waals surface area contributed by atoms with Crippen molar-refractivity contribution >= 4 is 5.91 Å². The summed E-state index contributed by atoms with van der Waals surface area (Å²) in [5.74, 6) is 1.85. The molecule has 1 N–H and O–H groups in total. The zero-order valence-electron chi connectivity index (χ0n) is 14.1. The summed E-state index contributed by atoms with van der Waals surface area (Å²) in [5.41, 5.74) is 1.18. The monoisotopic (exact) mass is 303 g/mol. The Morgan fingerprint density at radius 3 is 2.77 bits per heavy atom. The molecular weight excluding hydrogens is 274 g/mol. The minimum atomic E-state index is -0.00213. The van der Waals surface area contributed by atoms with E-state index in [1.165, 1.54) is 24.8 Å². The maximum atomic E-state index is 12.1. The first-order chi connectivity index (χ1) is 10.6. The number of benzene rings is 1. The third-order valence-electron chi connectivity index (χ3n) is 4.88. The maximum absolute atomic E-state index is 12.1. The molecule has 0 spiro atoms. The van der Waals surface area contributed by atoms with Crippen molar-refractivity contribution < 1.29 is 9.53 Å². The van der Waals surface area contributed by atoms with Gasteiger partial charge in [-0.25, -0.2) is 0 Å². The van der Waals surface area contributed by atoms with Gasteiger partial charge >= 0.3 is 0 Å². The summed E-state index contributed by atoms with van der Waals surface area (Å²) in [7, 11) is 0. The zero-order chi connectivity index (χ0) is 15.9. The van der Waals surface area contributed by atoms with Crippen LogP contribution in [-0.2, 0) is 4.79 Å². The van der Waals surface area contributed by atoms with Gasteiger partial charge in [0.1, 0.15) is 5.75 Å². The zero-order valence-corrected chi connectivity index (χ0v) is 14.1. The first kappa shape index (κ1) is 16.9. The average molecular weight is 303 g/mol. The molecule has 3 nitrogen and oxygen atoms in total. The Balaban J connectivity index is 1.88. The molecular formula is C19H29NO2. The molecule has 1 saturated carbocycles. The second-order valence-corrected chi connectivity index (χ2v) is 6.57. The lowest BCUT2D eigenvalue weighted by Crippen LogP contribution is -2.43. The van der Waals surface area contributed by atoms with Crippen molar-refractivity contribution in [3.63, 3.8) is 0 Å². The fourth-order valence-electron chi connectivity index (χ4n) is 3.16. The van der Waals surface area contributed by atoms with E-state index < -0.39 is 0 Å². The van der Waals surface area contributed by atoms with Crippen molar-refractivity contribution in [2.24, 2.45) is 5.92 Å². The van der Waals surface area contributed by atoms with Gasteiger partial charge in [0.2, 0.25) is 0 Å². The molecule has 0 aliphatic heterocycles. The molecule has 1 aliphatic rings. The van der Waals surface area contributed by atoms with Crippen molar-refractivity contribution in [1.82, 2.24) is 5.32 Å². The first-order valence-corrected chi connectivity index (χ1v) is 8.63. The molecule has 1 amide bonds. The van der Waals surface area contributed by atoms with Gasteiger partial charge in [0, 0.05) is 6.04 Å². The maximum Gasteiger partial charge on any atom is 0.258 e. The highest BCUT2D eigenvalue weighted by atomic mass is 16.5. The molecule has 3 heteroatoms. The SMILES string of the molecule is CCC(C)c1ccccc1OCC(=O)NC1CCCCC1C. The summed E-state index contributed by atoms with van der Waals surface area (Å²) in [6, 6.07) is 8.35. The van der Waals surface area contributed by atoms with Gasteiger partial charge in [-0.2, -0.15) is 0 Å². The summed E-state index contributed by atoms with van der Waals surface area (Å²) in [5, 5.41) is 3.14. The Labute approximate surface area is 134 Å². The quantitative estimate of drug-likeness (QED) is 0.852. The van der Waals surface area contributed by atoms with Gasteiger partial charge in [-0.1, -0.05) is 51.8 Å². The minimum absolute atomic E-state index is 0.00213. The van der Waals surface area contributed by atoms with Gasteiger partial charge in [-0.05, 0) is 42.7 Å². The molecule has 2 rings (SSSR count). The van der Waals surface area contributed by atoms with Gasteiger partial charge < -0.3 is 10.1 Å². The number of ether oxygens (including phenoxy) is 1. The van der Waals surface area contributed by atoms with Crippen LogP contribution >= 0.6 is 0 Å². The molecule has 1 aromatic rings. The second-order valence-electron chi connectivity index (χ2n) is 6.57. The molecule has 122 valence electrons.